The molecule has 0 radical (unpaired) electrons. The van der Waals surface area contributed by atoms with E-state index in [1.54, 1.807) is 0 Å². The van der Waals surface area contributed by atoms with Gasteiger partial charge in [-0.15, -0.1) is 0 Å². The highest BCUT2D eigenvalue weighted by molar-refractivity contribution is 6.21. The zero-order valence-corrected chi connectivity index (χ0v) is 17.1. The van der Waals surface area contributed by atoms with E-state index < -0.39 is 90.8 Å². The fourth-order valence-corrected chi connectivity index (χ4v) is 4.28. The van der Waals surface area contributed by atoms with E-state index in [1.165, 1.54) is 6.07 Å². The molecule has 35 heavy (non-hydrogen) atoms. The Morgan fingerprint density at radius 2 is 0.771 bits per heavy atom. The Morgan fingerprint density at radius 3 is 1.26 bits per heavy atom. The van der Waals surface area contributed by atoms with Gasteiger partial charge in [0.05, 0.1) is 0 Å². The number of hydrogen-bond donors (Lipinski definition) is 0. The van der Waals surface area contributed by atoms with E-state index in [-0.39, 0.29) is 5.39 Å². The predicted octanol–water partition coefficient (Wildman–Crippen LogP) is 8.58. The van der Waals surface area contributed by atoms with Crippen LogP contribution < -0.4 is 0 Å². The molecule has 0 aliphatic carbocycles. The highest BCUT2D eigenvalue weighted by atomic mass is 19.2. The molecule has 0 bridgehead atoms. The minimum atomic E-state index is -1.83. The first-order valence-electron chi connectivity index (χ1n) is 9.91. The summed E-state index contributed by atoms with van der Waals surface area (Å²) in [5.74, 6) is -13.6. The van der Waals surface area contributed by atoms with Crippen molar-refractivity contribution >= 4 is 21.5 Å². The molecule has 0 amide bonds. The molecule has 0 N–H and O–H groups in total. The Bertz CT molecular complexity index is 1640. The van der Waals surface area contributed by atoms with Crippen LogP contribution in [-0.2, 0) is 0 Å². The van der Waals surface area contributed by atoms with Gasteiger partial charge in [-0.3, -0.25) is 0 Å². The summed E-state index contributed by atoms with van der Waals surface area (Å²) in [6.45, 7) is 0. The zero-order chi connectivity index (χ0) is 25.2. The Morgan fingerprint density at radius 1 is 0.371 bits per heavy atom. The second-order valence-electron chi connectivity index (χ2n) is 7.70. The lowest BCUT2D eigenvalue weighted by atomic mass is 9.85. The SMILES string of the molecule is Fc1cc(-c2c3cccc(F)c3c(-c3cc(F)c(F)c(F)c3)c3c(F)ccc(F)c23)cc(F)c1F. The van der Waals surface area contributed by atoms with Gasteiger partial charge in [0, 0.05) is 27.3 Å². The molecule has 0 heterocycles. The second-order valence-corrected chi connectivity index (χ2v) is 7.70. The number of rotatable bonds is 2. The second kappa shape index (κ2) is 8.04. The van der Waals surface area contributed by atoms with Crippen molar-refractivity contribution in [1.82, 2.24) is 0 Å². The average Bonchev–Trinajstić information content (AvgIpc) is 2.81. The van der Waals surface area contributed by atoms with Crippen molar-refractivity contribution in [3.05, 3.63) is 107 Å². The average molecular weight is 492 g/mol. The van der Waals surface area contributed by atoms with Crippen LogP contribution in [0, 0.1) is 52.4 Å². The summed E-state index contributed by atoms with van der Waals surface area (Å²) >= 11 is 0. The molecule has 0 saturated heterocycles. The minimum absolute atomic E-state index is 0.229. The monoisotopic (exact) mass is 492 g/mol. The Labute approximate surface area is 190 Å². The summed E-state index contributed by atoms with van der Waals surface area (Å²) in [4.78, 5) is 0. The van der Waals surface area contributed by atoms with Crippen molar-refractivity contribution in [2.45, 2.75) is 0 Å². The van der Waals surface area contributed by atoms with Gasteiger partial charge in [0.25, 0.3) is 0 Å². The van der Waals surface area contributed by atoms with Gasteiger partial charge in [0.15, 0.2) is 34.9 Å². The van der Waals surface area contributed by atoms with Crippen LogP contribution in [0.5, 0.6) is 0 Å². The van der Waals surface area contributed by atoms with Crippen LogP contribution in [0.4, 0.5) is 39.5 Å². The largest absolute Gasteiger partial charge is 0.206 e. The van der Waals surface area contributed by atoms with Gasteiger partial charge in [-0.05, 0) is 59.0 Å². The summed E-state index contributed by atoms with van der Waals surface area (Å²) in [5.41, 5.74) is -1.88. The number of benzene rings is 5. The molecule has 176 valence electrons. The predicted molar refractivity (Wildman–Crippen MR) is 112 cm³/mol. The van der Waals surface area contributed by atoms with Crippen molar-refractivity contribution < 1.29 is 39.5 Å². The molecular formula is C26H9F9. The fraction of sp³-hybridized carbons (Fsp3) is 0. The van der Waals surface area contributed by atoms with Crippen LogP contribution in [-0.4, -0.2) is 0 Å². The standard InChI is InChI=1S/C26H9F9/c27-13-3-1-2-12-20(10-6-16(30)25(34)17(31)7-10)23-14(28)4-5-15(29)24(23)21(22(12)13)11-8-18(32)26(35)19(33)9-11/h1-9H. The van der Waals surface area contributed by atoms with E-state index in [9.17, 15) is 26.3 Å². The molecule has 0 saturated carbocycles. The van der Waals surface area contributed by atoms with Crippen molar-refractivity contribution in [2.75, 3.05) is 0 Å². The lowest BCUT2D eigenvalue weighted by Gasteiger charge is -2.19. The molecular weight excluding hydrogens is 483 g/mol. The van der Waals surface area contributed by atoms with Gasteiger partial charge >= 0.3 is 0 Å². The summed E-state index contributed by atoms with van der Waals surface area (Å²) in [5, 5.41) is -2.02. The minimum Gasteiger partial charge on any atom is -0.206 e. The summed E-state index contributed by atoms with van der Waals surface area (Å²) < 4.78 is 129. The first-order chi connectivity index (χ1) is 16.6. The normalized spacial score (nSPS) is 11.6. The van der Waals surface area contributed by atoms with Gasteiger partial charge < -0.3 is 0 Å². The third-order valence-electron chi connectivity index (χ3n) is 5.68. The van der Waals surface area contributed by atoms with Crippen molar-refractivity contribution in [3.63, 3.8) is 0 Å². The molecule has 5 rings (SSSR count). The topological polar surface area (TPSA) is 0 Å². The van der Waals surface area contributed by atoms with Crippen LogP contribution in [0.2, 0.25) is 0 Å². The maximum absolute atomic E-state index is 15.2. The molecule has 0 nitrogen and oxygen atoms in total. The van der Waals surface area contributed by atoms with Gasteiger partial charge in [-0.1, -0.05) is 12.1 Å². The van der Waals surface area contributed by atoms with E-state index in [0.717, 1.165) is 12.1 Å². The summed E-state index contributed by atoms with van der Waals surface area (Å²) in [6, 6.07) is 6.67. The highest BCUT2D eigenvalue weighted by Gasteiger charge is 2.26. The van der Waals surface area contributed by atoms with E-state index >= 15 is 13.2 Å². The third-order valence-corrected chi connectivity index (χ3v) is 5.68. The molecule has 0 unspecified atom stereocenters. The van der Waals surface area contributed by atoms with Crippen LogP contribution in [0.25, 0.3) is 43.8 Å². The Hall–Kier alpha value is -4.01. The zero-order valence-electron chi connectivity index (χ0n) is 17.1. The smallest absolute Gasteiger partial charge is 0.194 e. The maximum atomic E-state index is 15.2. The lowest BCUT2D eigenvalue weighted by Crippen LogP contribution is -2.00. The van der Waals surface area contributed by atoms with E-state index in [1.807, 2.05) is 0 Å². The lowest BCUT2D eigenvalue weighted by molar-refractivity contribution is 0.447. The number of fused-ring (bicyclic) bond motifs is 2. The maximum Gasteiger partial charge on any atom is 0.194 e. The molecule has 5 aromatic rings. The third kappa shape index (κ3) is 3.41. The van der Waals surface area contributed by atoms with Crippen molar-refractivity contribution in [1.29, 1.82) is 0 Å². The van der Waals surface area contributed by atoms with E-state index in [2.05, 4.69) is 0 Å². The Balaban J connectivity index is 2.10. The quantitative estimate of drug-likeness (QED) is 0.132. The van der Waals surface area contributed by atoms with Crippen LogP contribution >= 0.6 is 0 Å². The van der Waals surface area contributed by atoms with Gasteiger partial charge in [-0.2, -0.15) is 0 Å². The number of halogens is 9. The summed E-state index contributed by atoms with van der Waals surface area (Å²) in [7, 11) is 0. The fourth-order valence-electron chi connectivity index (χ4n) is 4.28. The highest BCUT2D eigenvalue weighted by Crippen LogP contribution is 2.46. The number of hydrogen-bond acceptors (Lipinski definition) is 0. The van der Waals surface area contributed by atoms with Gasteiger partial charge in [0.1, 0.15) is 17.5 Å². The molecule has 0 spiro atoms. The molecule has 0 aliphatic heterocycles. The first-order valence-corrected chi connectivity index (χ1v) is 9.91. The first kappa shape index (κ1) is 22.8. The van der Waals surface area contributed by atoms with Gasteiger partial charge in [-0.25, -0.2) is 39.5 Å². The van der Waals surface area contributed by atoms with Crippen LogP contribution in [0.15, 0.2) is 54.6 Å². The molecule has 0 aliphatic rings. The van der Waals surface area contributed by atoms with Crippen molar-refractivity contribution in [2.24, 2.45) is 0 Å². The summed E-state index contributed by atoms with van der Waals surface area (Å²) in [6.07, 6.45) is 0. The van der Waals surface area contributed by atoms with Gasteiger partial charge in [0.2, 0.25) is 0 Å². The molecule has 5 aromatic carbocycles. The van der Waals surface area contributed by atoms with Crippen LogP contribution in [0.1, 0.15) is 0 Å². The molecule has 0 fully saturated rings. The van der Waals surface area contributed by atoms with E-state index in [0.29, 0.717) is 36.4 Å². The molecule has 0 atom stereocenters. The van der Waals surface area contributed by atoms with Crippen LogP contribution in [0.3, 0.4) is 0 Å². The molecule has 0 aromatic heterocycles. The van der Waals surface area contributed by atoms with Crippen molar-refractivity contribution in [3.8, 4) is 22.3 Å². The Kier molecular flexibility index (Phi) is 5.23. The molecule has 9 heteroatoms. The van der Waals surface area contributed by atoms with E-state index in [4.69, 9.17) is 0 Å².